The molecule has 0 bridgehead atoms. The average molecular weight is 660 g/mol. The SMILES string of the molecule is CCCCCCCCCCCCCCCCCCOc1ccc(C(=O)CC(=O)Nc2cc(C(=O)O)ccc2Sc2ccccc2)cc1. The van der Waals surface area contributed by atoms with Gasteiger partial charge in [0.2, 0.25) is 5.91 Å². The van der Waals surface area contributed by atoms with Gasteiger partial charge in [-0.3, -0.25) is 9.59 Å². The molecule has 0 aliphatic heterocycles. The molecular weight excluding hydrogens is 607 g/mol. The maximum atomic E-state index is 12.8. The molecule has 1 amide bonds. The molecule has 0 aliphatic carbocycles. The number of nitrogens with one attached hydrogen (secondary N) is 1. The van der Waals surface area contributed by atoms with Gasteiger partial charge in [-0.1, -0.05) is 133 Å². The van der Waals surface area contributed by atoms with Crippen molar-refractivity contribution in [3.63, 3.8) is 0 Å². The van der Waals surface area contributed by atoms with Crippen LogP contribution in [0.5, 0.6) is 5.75 Å². The van der Waals surface area contributed by atoms with Crippen molar-refractivity contribution >= 4 is 35.1 Å². The van der Waals surface area contributed by atoms with Crippen molar-refractivity contribution in [3.05, 3.63) is 83.9 Å². The zero-order valence-electron chi connectivity index (χ0n) is 28.1. The summed E-state index contributed by atoms with van der Waals surface area (Å²) in [5, 5.41) is 12.2. The number of ether oxygens (including phenoxy) is 1. The number of anilines is 1. The minimum absolute atomic E-state index is 0.0548. The molecule has 3 rings (SSSR count). The number of carbonyl (C=O) groups is 3. The predicted octanol–water partition coefficient (Wildman–Crippen LogP) is 11.4. The van der Waals surface area contributed by atoms with Crippen LogP contribution in [0.25, 0.3) is 0 Å². The Balaban J connectivity index is 1.28. The van der Waals surface area contributed by atoms with Gasteiger partial charge in [-0.05, 0) is 61.0 Å². The van der Waals surface area contributed by atoms with Crippen molar-refractivity contribution in [2.45, 2.75) is 126 Å². The third-order valence-electron chi connectivity index (χ3n) is 8.24. The summed E-state index contributed by atoms with van der Waals surface area (Å²) in [4.78, 5) is 38.8. The highest BCUT2D eigenvalue weighted by Gasteiger charge is 2.16. The van der Waals surface area contributed by atoms with Crippen LogP contribution in [0.4, 0.5) is 5.69 Å². The Hall–Kier alpha value is -3.58. The number of unbranched alkanes of at least 4 members (excludes halogenated alkanes) is 15. The molecular formula is C40H53NO5S. The monoisotopic (exact) mass is 659 g/mol. The lowest BCUT2D eigenvalue weighted by Crippen LogP contribution is -2.17. The number of hydrogen-bond acceptors (Lipinski definition) is 5. The third kappa shape index (κ3) is 15.7. The number of hydrogen-bond donors (Lipinski definition) is 2. The molecule has 0 saturated carbocycles. The molecule has 0 heterocycles. The lowest BCUT2D eigenvalue weighted by Gasteiger charge is -2.12. The number of carboxylic acid groups (broad SMARTS) is 1. The molecule has 0 saturated heterocycles. The van der Waals surface area contributed by atoms with Crippen molar-refractivity contribution in [1.82, 2.24) is 0 Å². The van der Waals surface area contributed by atoms with Crippen molar-refractivity contribution in [2.24, 2.45) is 0 Å². The molecule has 0 unspecified atom stereocenters. The van der Waals surface area contributed by atoms with Gasteiger partial charge < -0.3 is 15.2 Å². The summed E-state index contributed by atoms with van der Waals surface area (Å²) in [7, 11) is 0. The van der Waals surface area contributed by atoms with Gasteiger partial charge in [0.1, 0.15) is 5.75 Å². The first-order chi connectivity index (χ1) is 23.0. The Morgan fingerprint density at radius 1 is 0.660 bits per heavy atom. The standard InChI is InChI=1S/C40H53NO5S/c1-2-3-4-5-6-7-8-9-10-11-12-13-14-15-16-20-29-46-34-26-23-32(24-27-34)37(42)31-39(43)41-36-30-33(40(44)45)25-28-38(36)47-35-21-18-17-19-22-35/h17-19,21-28,30H,2-16,20,29,31H2,1H3,(H,41,43)(H,44,45). The first-order valence-electron chi connectivity index (χ1n) is 17.6. The van der Waals surface area contributed by atoms with E-state index in [4.69, 9.17) is 4.74 Å². The quantitative estimate of drug-likeness (QED) is 0.0534. The van der Waals surface area contributed by atoms with E-state index in [-0.39, 0.29) is 17.8 Å². The topological polar surface area (TPSA) is 92.7 Å². The number of aromatic carboxylic acids is 1. The number of rotatable bonds is 25. The molecule has 0 spiro atoms. The summed E-state index contributed by atoms with van der Waals surface area (Å²) < 4.78 is 5.87. The van der Waals surface area contributed by atoms with E-state index in [0.29, 0.717) is 28.5 Å². The van der Waals surface area contributed by atoms with Crippen LogP contribution in [0.3, 0.4) is 0 Å². The average Bonchev–Trinajstić information content (AvgIpc) is 3.07. The van der Waals surface area contributed by atoms with Crippen molar-refractivity contribution < 1.29 is 24.2 Å². The predicted molar refractivity (Wildman–Crippen MR) is 193 cm³/mol. The molecule has 0 atom stereocenters. The van der Waals surface area contributed by atoms with Gasteiger partial charge in [-0.25, -0.2) is 4.79 Å². The summed E-state index contributed by atoms with van der Waals surface area (Å²) in [6.45, 7) is 2.92. The van der Waals surface area contributed by atoms with Gasteiger partial charge in [0.15, 0.2) is 5.78 Å². The van der Waals surface area contributed by atoms with E-state index in [0.717, 1.165) is 17.7 Å². The maximum absolute atomic E-state index is 12.8. The first kappa shape index (κ1) is 37.9. The van der Waals surface area contributed by atoms with Crippen LogP contribution in [0.2, 0.25) is 0 Å². The second-order valence-electron chi connectivity index (χ2n) is 12.3. The molecule has 0 aliphatic rings. The van der Waals surface area contributed by atoms with E-state index in [1.54, 1.807) is 30.3 Å². The van der Waals surface area contributed by atoms with Crippen LogP contribution < -0.4 is 10.1 Å². The van der Waals surface area contributed by atoms with Crippen LogP contribution >= 0.6 is 11.8 Å². The van der Waals surface area contributed by atoms with Crippen LogP contribution in [0, 0.1) is 0 Å². The number of ketones is 1. The highest BCUT2D eigenvalue weighted by Crippen LogP contribution is 2.34. The Morgan fingerprint density at radius 3 is 1.74 bits per heavy atom. The molecule has 254 valence electrons. The van der Waals surface area contributed by atoms with Gasteiger partial charge in [0.25, 0.3) is 0 Å². The van der Waals surface area contributed by atoms with Gasteiger partial charge in [0.05, 0.1) is 24.3 Å². The fraction of sp³-hybridized carbons (Fsp3) is 0.475. The second-order valence-corrected chi connectivity index (χ2v) is 13.4. The Labute approximate surface area is 286 Å². The summed E-state index contributed by atoms with van der Waals surface area (Å²) >= 11 is 1.41. The van der Waals surface area contributed by atoms with Crippen molar-refractivity contribution in [2.75, 3.05) is 11.9 Å². The van der Waals surface area contributed by atoms with Gasteiger partial charge in [-0.15, -0.1) is 0 Å². The van der Waals surface area contributed by atoms with Crippen LogP contribution in [-0.2, 0) is 4.79 Å². The van der Waals surface area contributed by atoms with E-state index in [2.05, 4.69) is 12.2 Å². The summed E-state index contributed by atoms with van der Waals surface area (Å²) in [6.07, 6.45) is 21.0. The van der Waals surface area contributed by atoms with E-state index in [1.807, 2.05) is 30.3 Å². The fourth-order valence-corrected chi connectivity index (χ4v) is 6.39. The Kier molecular flexibility index (Phi) is 18.4. The van der Waals surface area contributed by atoms with Crippen molar-refractivity contribution in [3.8, 4) is 5.75 Å². The molecule has 0 aromatic heterocycles. The Morgan fingerprint density at radius 2 is 1.19 bits per heavy atom. The zero-order valence-corrected chi connectivity index (χ0v) is 29.0. The highest BCUT2D eigenvalue weighted by atomic mass is 32.2. The molecule has 3 aromatic carbocycles. The molecule has 47 heavy (non-hydrogen) atoms. The minimum atomic E-state index is -1.09. The van der Waals surface area contributed by atoms with E-state index in [9.17, 15) is 19.5 Å². The number of carbonyl (C=O) groups excluding carboxylic acids is 2. The van der Waals surface area contributed by atoms with Gasteiger partial charge >= 0.3 is 5.97 Å². The second kappa shape index (κ2) is 22.9. The van der Waals surface area contributed by atoms with Crippen LogP contribution in [-0.4, -0.2) is 29.4 Å². The normalized spacial score (nSPS) is 10.9. The molecule has 2 N–H and O–H groups in total. The molecule has 3 aromatic rings. The number of amides is 1. The third-order valence-corrected chi connectivity index (χ3v) is 9.32. The highest BCUT2D eigenvalue weighted by molar-refractivity contribution is 7.99. The van der Waals surface area contributed by atoms with Gasteiger partial charge in [-0.2, -0.15) is 0 Å². The first-order valence-corrected chi connectivity index (χ1v) is 18.4. The lowest BCUT2D eigenvalue weighted by molar-refractivity contribution is -0.115. The fourth-order valence-electron chi connectivity index (χ4n) is 5.48. The maximum Gasteiger partial charge on any atom is 0.335 e. The minimum Gasteiger partial charge on any atom is -0.494 e. The van der Waals surface area contributed by atoms with Crippen LogP contribution in [0.15, 0.2) is 82.6 Å². The van der Waals surface area contributed by atoms with E-state index in [1.165, 1.54) is 114 Å². The number of benzene rings is 3. The summed E-state index contributed by atoms with van der Waals surface area (Å²) in [5.74, 6) is -1.21. The van der Waals surface area contributed by atoms with Crippen molar-refractivity contribution in [1.29, 1.82) is 0 Å². The zero-order chi connectivity index (χ0) is 33.5. The summed E-state index contributed by atoms with van der Waals surface area (Å²) in [6, 6.07) is 21.1. The number of Topliss-reactive ketones (excluding diaryl/α,β-unsaturated/α-hetero) is 1. The largest absolute Gasteiger partial charge is 0.494 e. The van der Waals surface area contributed by atoms with Gasteiger partial charge in [0, 0.05) is 15.4 Å². The van der Waals surface area contributed by atoms with Crippen LogP contribution in [0.1, 0.15) is 137 Å². The molecule has 0 radical (unpaired) electrons. The number of carboxylic acids is 1. The molecule has 7 heteroatoms. The summed E-state index contributed by atoms with van der Waals surface area (Å²) in [5.41, 5.74) is 0.835. The molecule has 6 nitrogen and oxygen atoms in total. The van der Waals surface area contributed by atoms with E-state index >= 15 is 0 Å². The van der Waals surface area contributed by atoms with E-state index < -0.39 is 11.9 Å². The lowest BCUT2D eigenvalue weighted by atomic mass is 10.0. The Bertz CT molecular complexity index is 1340. The molecule has 0 fully saturated rings. The smallest absolute Gasteiger partial charge is 0.335 e.